The van der Waals surface area contributed by atoms with Gasteiger partial charge in [-0.1, -0.05) is 15.9 Å². The quantitative estimate of drug-likeness (QED) is 0.554. The molecule has 3 heterocycles. The Balaban J connectivity index is 1.56. The van der Waals surface area contributed by atoms with Gasteiger partial charge >= 0.3 is 0 Å². The third kappa shape index (κ3) is 3.03. The van der Waals surface area contributed by atoms with E-state index in [9.17, 15) is 4.79 Å². The first-order chi connectivity index (χ1) is 12.1. The molecule has 0 aliphatic carbocycles. The van der Waals surface area contributed by atoms with Gasteiger partial charge in [0.15, 0.2) is 5.65 Å². The van der Waals surface area contributed by atoms with E-state index in [1.165, 1.54) is 6.20 Å². The predicted octanol–water partition coefficient (Wildman–Crippen LogP) is 3.47. The fourth-order valence-electron chi connectivity index (χ4n) is 2.47. The first kappa shape index (κ1) is 15.5. The van der Waals surface area contributed by atoms with Crippen molar-refractivity contribution in [1.82, 2.24) is 25.0 Å². The average Bonchev–Trinajstić information content (AvgIpc) is 3.24. The van der Waals surface area contributed by atoms with Crippen LogP contribution in [0, 0.1) is 6.92 Å². The van der Waals surface area contributed by atoms with Crippen molar-refractivity contribution in [3.05, 3.63) is 64.7 Å². The summed E-state index contributed by atoms with van der Waals surface area (Å²) in [6, 6.07) is 9.52. The van der Waals surface area contributed by atoms with Gasteiger partial charge in [0, 0.05) is 21.7 Å². The van der Waals surface area contributed by atoms with E-state index in [0.29, 0.717) is 16.9 Å². The average molecular weight is 397 g/mol. The number of fused-ring (bicyclic) bond motifs is 1. The molecule has 0 bridgehead atoms. The highest BCUT2D eigenvalue weighted by atomic mass is 79.9. The molecular formula is C17H13BrN6O. The smallest absolute Gasteiger partial charge is 0.258 e. The maximum absolute atomic E-state index is 12.4. The van der Waals surface area contributed by atoms with E-state index in [1.54, 1.807) is 17.1 Å². The molecule has 0 spiro atoms. The van der Waals surface area contributed by atoms with Crippen molar-refractivity contribution < 1.29 is 4.79 Å². The lowest BCUT2D eigenvalue weighted by atomic mass is 10.2. The molecule has 0 saturated carbocycles. The number of carbonyl (C=O) groups is 1. The molecule has 0 saturated heterocycles. The Labute approximate surface area is 151 Å². The molecule has 0 atom stereocenters. The number of aryl methyl sites for hydroxylation is 1. The van der Waals surface area contributed by atoms with Gasteiger partial charge in [-0.3, -0.25) is 9.89 Å². The van der Waals surface area contributed by atoms with Crippen molar-refractivity contribution in [3.63, 3.8) is 0 Å². The summed E-state index contributed by atoms with van der Waals surface area (Å²) in [7, 11) is 0. The second kappa shape index (κ2) is 6.14. The molecule has 4 aromatic rings. The molecular weight excluding hydrogens is 384 g/mol. The third-order valence-corrected chi connectivity index (χ3v) is 4.32. The Bertz CT molecular complexity index is 1070. The van der Waals surface area contributed by atoms with E-state index < -0.39 is 0 Å². The number of aromatic nitrogens is 5. The topological polar surface area (TPSA) is 88.5 Å². The van der Waals surface area contributed by atoms with E-state index in [0.717, 1.165) is 21.2 Å². The molecule has 7 nitrogen and oxygen atoms in total. The Morgan fingerprint density at radius 2 is 2.04 bits per heavy atom. The van der Waals surface area contributed by atoms with Gasteiger partial charge in [0.25, 0.3) is 5.91 Å². The highest BCUT2D eigenvalue weighted by Crippen LogP contribution is 2.19. The van der Waals surface area contributed by atoms with Crippen molar-refractivity contribution in [2.24, 2.45) is 0 Å². The summed E-state index contributed by atoms with van der Waals surface area (Å²) in [5.74, 6) is -0.245. The van der Waals surface area contributed by atoms with Crippen molar-refractivity contribution in [3.8, 4) is 5.69 Å². The lowest BCUT2D eigenvalue weighted by Crippen LogP contribution is -2.11. The van der Waals surface area contributed by atoms with E-state index in [-0.39, 0.29) is 5.91 Å². The van der Waals surface area contributed by atoms with Crippen LogP contribution < -0.4 is 5.32 Å². The second-order valence-electron chi connectivity index (χ2n) is 5.55. The number of nitrogens with one attached hydrogen (secondary N) is 2. The van der Waals surface area contributed by atoms with E-state index in [2.05, 4.69) is 41.5 Å². The van der Waals surface area contributed by atoms with Gasteiger partial charge in [-0.25, -0.2) is 9.67 Å². The van der Waals surface area contributed by atoms with Crippen LogP contribution in [-0.2, 0) is 0 Å². The maximum atomic E-state index is 12.4. The number of hydrogen-bond acceptors (Lipinski definition) is 4. The standard InChI is InChI=1S/C17H13BrN6O/c1-10-15-6-13(8-19-16(15)23-22-10)21-17(25)11-7-20-24(9-11)14-4-2-12(18)3-5-14/h2-9H,1H3,(H,21,25)(H,19,22,23). The lowest BCUT2D eigenvalue weighted by Gasteiger charge is -2.03. The van der Waals surface area contributed by atoms with Crippen LogP contribution in [0.25, 0.3) is 16.7 Å². The van der Waals surface area contributed by atoms with Crippen LogP contribution in [0.4, 0.5) is 5.69 Å². The van der Waals surface area contributed by atoms with Crippen LogP contribution in [0.2, 0.25) is 0 Å². The maximum Gasteiger partial charge on any atom is 0.258 e. The van der Waals surface area contributed by atoms with Crippen LogP contribution in [0.1, 0.15) is 16.1 Å². The number of nitrogens with zero attached hydrogens (tertiary/aromatic N) is 4. The van der Waals surface area contributed by atoms with Gasteiger partial charge in [0.2, 0.25) is 0 Å². The molecule has 0 fully saturated rings. The first-order valence-corrected chi connectivity index (χ1v) is 8.32. The summed E-state index contributed by atoms with van der Waals surface area (Å²) in [5, 5.41) is 14.9. The number of amides is 1. The summed E-state index contributed by atoms with van der Waals surface area (Å²) in [6.07, 6.45) is 4.81. The number of anilines is 1. The summed E-state index contributed by atoms with van der Waals surface area (Å²) in [6.45, 7) is 1.91. The van der Waals surface area contributed by atoms with Crippen molar-refractivity contribution in [1.29, 1.82) is 0 Å². The van der Waals surface area contributed by atoms with Gasteiger partial charge in [-0.15, -0.1) is 0 Å². The molecule has 1 amide bonds. The minimum Gasteiger partial charge on any atom is -0.320 e. The van der Waals surface area contributed by atoms with Crippen LogP contribution in [0.15, 0.2) is 53.4 Å². The number of pyridine rings is 1. The van der Waals surface area contributed by atoms with E-state index in [4.69, 9.17) is 0 Å². The predicted molar refractivity (Wildman–Crippen MR) is 97.8 cm³/mol. The number of H-pyrrole nitrogens is 1. The third-order valence-electron chi connectivity index (χ3n) is 3.79. The SMILES string of the molecule is Cc1[nH]nc2ncc(NC(=O)c3cnn(-c4ccc(Br)cc4)c3)cc12. The van der Waals surface area contributed by atoms with Gasteiger partial charge in [-0.2, -0.15) is 10.2 Å². The summed E-state index contributed by atoms with van der Waals surface area (Å²) in [4.78, 5) is 16.7. The van der Waals surface area contributed by atoms with Crippen LogP contribution >= 0.6 is 15.9 Å². The number of rotatable bonds is 3. The lowest BCUT2D eigenvalue weighted by molar-refractivity contribution is 0.102. The summed E-state index contributed by atoms with van der Waals surface area (Å²) >= 11 is 3.40. The molecule has 2 N–H and O–H groups in total. The highest BCUT2D eigenvalue weighted by Gasteiger charge is 2.11. The number of benzene rings is 1. The zero-order chi connectivity index (χ0) is 17.4. The Kier molecular flexibility index (Phi) is 3.81. The normalized spacial score (nSPS) is 11.0. The summed E-state index contributed by atoms with van der Waals surface area (Å²) < 4.78 is 2.64. The van der Waals surface area contributed by atoms with Crippen LogP contribution in [0.5, 0.6) is 0 Å². The molecule has 124 valence electrons. The molecule has 0 aliphatic heterocycles. The number of aromatic amines is 1. The molecule has 0 radical (unpaired) electrons. The minimum absolute atomic E-state index is 0.245. The zero-order valence-corrected chi connectivity index (χ0v) is 14.8. The largest absolute Gasteiger partial charge is 0.320 e. The summed E-state index contributed by atoms with van der Waals surface area (Å²) in [5.41, 5.74) is 3.48. The molecule has 0 unspecified atom stereocenters. The van der Waals surface area contributed by atoms with E-state index >= 15 is 0 Å². The first-order valence-electron chi connectivity index (χ1n) is 7.53. The second-order valence-corrected chi connectivity index (χ2v) is 6.46. The van der Waals surface area contributed by atoms with Crippen molar-refractivity contribution >= 4 is 38.6 Å². The van der Waals surface area contributed by atoms with Crippen LogP contribution in [-0.4, -0.2) is 30.9 Å². The van der Waals surface area contributed by atoms with Crippen LogP contribution in [0.3, 0.4) is 0 Å². The van der Waals surface area contributed by atoms with Gasteiger partial charge in [-0.05, 0) is 37.3 Å². The van der Waals surface area contributed by atoms with Gasteiger partial charge in [0.05, 0.1) is 29.3 Å². The zero-order valence-electron chi connectivity index (χ0n) is 13.2. The van der Waals surface area contributed by atoms with E-state index in [1.807, 2.05) is 37.3 Å². The highest BCUT2D eigenvalue weighted by molar-refractivity contribution is 9.10. The fraction of sp³-hybridized carbons (Fsp3) is 0.0588. The Morgan fingerprint density at radius 1 is 1.24 bits per heavy atom. The molecule has 0 aliphatic rings. The number of hydrogen-bond donors (Lipinski definition) is 2. The number of carbonyl (C=O) groups excluding carboxylic acids is 1. The van der Waals surface area contributed by atoms with Crippen molar-refractivity contribution in [2.75, 3.05) is 5.32 Å². The Hall–Kier alpha value is -3.00. The van der Waals surface area contributed by atoms with Gasteiger partial charge < -0.3 is 5.32 Å². The monoisotopic (exact) mass is 396 g/mol. The van der Waals surface area contributed by atoms with Crippen molar-refractivity contribution in [2.45, 2.75) is 6.92 Å². The molecule has 1 aromatic carbocycles. The van der Waals surface area contributed by atoms with Gasteiger partial charge in [0.1, 0.15) is 0 Å². The molecule has 8 heteroatoms. The molecule has 3 aromatic heterocycles. The minimum atomic E-state index is -0.245. The Morgan fingerprint density at radius 3 is 2.84 bits per heavy atom. The molecule has 25 heavy (non-hydrogen) atoms. The number of halogens is 1. The fourth-order valence-corrected chi connectivity index (χ4v) is 2.73. The molecule has 4 rings (SSSR count).